The molecule has 1 unspecified atom stereocenters. The van der Waals surface area contributed by atoms with Crippen molar-refractivity contribution in [3.05, 3.63) is 29.3 Å². The van der Waals surface area contributed by atoms with Crippen LogP contribution in [0.15, 0.2) is 29.2 Å². The standard InChI is InChI=1S/C13H18ClNO4S/c1-9(2)3-8-12(13(16)17)15-20(18,19)11-6-4-10(14)5-7-11/h4-7,9,12,15H,3,8H2,1-2H3,(H,16,17). The highest BCUT2D eigenvalue weighted by Gasteiger charge is 2.25. The molecule has 7 heteroatoms. The number of halogens is 1. The maximum Gasteiger partial charge on any atom is 0.321 e. The lowest BCUT2D eigenvalue weighted by Gasteiger charge is -2.15. The molecule has 112 valence electrons. The number of aliphatic carboxylic acids is 1. The van der Waals surface area contributed by atoms with Crippen LogP contribution in [0.1, 0.15) is 26.7 Å². The van der Waals surface area contributed by atoms with Crippen molar-refractivity contribution in [2.75, 3.05) is 0 Å². The quantitative estimate of drug-likeness (QED) is 0.809. The van der Waals surface area contributed by atoms with E-state index >= 15 is 0 Å². The van der Waals surface area contributed by atoms with E-state index in [1.807, 2.05) is 13.8 Å². The molecule has 0 aliphatic carbocycles. The fraction of sp³-hybridized carbons (Fsp3) is 0.462. The first kappa shape index (κ1) is 16.9. The van der Waals surface area contributed by atoms with Crippen LogP contribution in [0.25, 0.3) is 0 Å². The third-order valence-electron chi connectivity index (χ3n) is 2.75. The van der Waals surface area contributed by atoms with Gasteiger partial charge in [-0.25, -0.2) is 8.42 Å². The summed E-state index contributed by atoms with van der Waals surface area (Å²) >= 11 is 5.69. The smallest absolute Gasteiger partial charge is 0.321 e. The fourth-order valence-electron chi connectivity index (χ4n) is 1.60. The van der Waals surface area contributed by atoms with Gasteiger partial charge in [0.25, 0.3) is 0 Å². The summed E-state index contributed by atoms with van der Waals surface area (Å²) in [5.41, 5.74) is 0. The van der Waals surface area contributed by atoms with Gasteiger partial charge in [0.2, 0.25) is 10.0 Å². The molecule has 2 N–H and O–H groups in total. The highest BCUT2D eigenvalue weighted by molar-refractivity contribution is 7.89. The second-order valence-corrected chi connectivity index (χ2v) is 7.09. The minimum absolute atomic E-state index is 0.00213. The van der Waals surface area contributed by atoms with Gasteiger partial charge in [-0.2, -0.15) is 4.72 Å². The minimum Gasteiger partial charge on any atom is -0.480 e. The lowest BCUT2D eigenvalue weighted by molar-refractivity contribution is -0.139. The maximum atomic E-state index is 12.1. The second kappa shape index (κ2) is 7.06. The summed E-state index contributed by atoms with van der Waals surface area (Å²) in [5.74, 6) is -0.875. The Kier molecular flexibility index (Phi) is 5.98. The van der Waals surface area contributed by atoms with Crippen molar-refractivity contribution in [3.8, 4) is 0 Å². The summed E-state index contributed by atoms with van der Waals surface area (Å²) in [4.78, 5) is 11.1. The van der Waals surface area contributed by atoms with Gasteiger partial charge in [-0.05, 0) is 43.0 Å². The van der Waals surface area contributed by atoms with Crippen molar-refractivity contribution in [2.45, 2.75) is 37.6 Å². The zero-order valence-corrected chi connectivity index (χ0v) is 12.9. The van der Waals surface area contributed by atoms with E-state index in [1.54, 1.807) is 0 Å². The molecule has 0 heterocycles. The molecule has 0 radical (unpaired) electrons. The number of benzene rings is 1. The number of hydrogen-bond acceptors (Lipinski definition) is 3. The first-order valence-electron chi connectivity index (χ1n) is 6.23. The van der Waals surface area contributed by atoms with Gasteiger partial charge in [-0.3, -0.25) is 4.79 Å². The number of carbonyl (C=O) groups is 1. The molecule has 1 aromatic rings. The Morgan fingerprint density at radius 1 is 1.25 bits per heavy atom. The molecule has 1 rings (SSSR count). The Labute approximate surface area is 124 Å². The van der Waals surface area contributed by atoms with Crippen molar-refractivity contribution < 1.29 is 18.3 Å². The SMILES string of the molecule is CC(C)CCC(NS(=O)(=O)c1ccc(Cl)cc1)C(=O)O. The van der Waals surface area contributed by atoms with E-state index in [2.05, 4.69) is 4.72 Å². The molecule has 0 aliphatic heterocycles. The zero-order valence-electron chi connectivity index (χ0n) is 11.3. The average Bonchev–Trinajstić information content (AvgIpc) is 2.34. The predicted octanol–water partition coefficient (Wildman–Crippen LogP) is 2.51. The Morgan fingerprint density at radius 2 is 1.80 bits per heavy atom. The molecular weight excluding hydrogens is 302 g/mol. The number of rotatable bonds is 7. The van der Waals surface area contributed by atoms with E-state index < -0.39 is 22.0 Å². The van der Waals surface area contributed by atoms with Gasteiger partial charge in [0.15, 0.2) is 0 Å². The Hall–Kier alpha value is -1.11. The predicted molar refractivity (Wildman–Crippen MR) is 77.3 cm³/mol. The van der Waals surface area contributed by atoms with Crippen LogP contribution in [0.5, 0.6) is 0 Å². The van der Waals surface area contributed by atoms with Gasteiger partial charge >= 0.3 is 5.97 Å². The van der Waals surface area contributed by atoms with Gasteiger partial charge in [-0.1, -0.05) is 25.4 Å². The maximum absolute atomic E-state index is 12.1. The van der Waals surface area contributed by atoms with E-state index in [9.17, 15) is 13.2 Å². The number of hydrogen-bond donors (Lipinski definition) is 2. The van der Waals surface area contributed by atoms with E-state index in [0.29, 0.717) is 17.4 Å². The minimum atomic E-state index is -3.86. The first-order valence-corrected chi connectivity index (χ1v) is 8.09. The molecule has 1 atom stereocenters. The third kappa shape index (κ3) is 5.11. The van der Waals surface area contributed by atoms with Crippen molar-refractivity contribution in [2.24, 2.45) is 5.92 Å². The van der Waals surface area contributed by atoms with Crippen molar-refractivity contribution >= 4 is 27.6 Å². The first-order chi connectivity index (χ1) is 9.22. The molecule has 5 nitrogen and oxygen atoms in total. The normalized spacial score (nSPS) is 13.4. The largest absolute Gasteiger partial charge is 0.480 e. The highest BCUT2D eigenvalue weighted by atomic mass is 35.5. The summed E-state index contributed by atoms with van der Waals surface area (Å²) < 4.78 is 26.4. The Balaban J connectivity index is 2.86. The summed E-state index contributed by atoms with van der Waals surface area (Å²) in [6.07, 6.45) is 0.875. The van der Waals surface area contributed by atoms with Crippen molar-refractivity contribution in [1.29, 1.82) is 0 Å². The molecule has 0 amide bonds. The second-order valence-electron chi connectivity index (χ2n) is 4.94. The average molecular weight is 320 g/mol. The molecule has 0 bridgehead atoms. The van der Waals surface area contributed by atoms with Crippen LogP contribution in [-0.4, -0.2) is 25.5 Å². The van der Waals surface area contributed by atoms with Crippen LogP contribution in [0.4, 0.5) is 0 Å². The summed E-state index contributed by atoms with van der Waals surface area (Å²) in [5, 5.41) is 9.51. The summed E-state index contributed by atoms with van der Waals surface area (Å²) in [6, 6.07) is 4.44. The zero-order chi connectivity index (χ0) is 15.3. The molecule has 0 saturated carbocycles. The highest BCUT2D eigenvalue weighted by Crippen LogP contribution is 2.15. The Morgan fingerprint density at radius 3 is 2.25 bits per heavy atom. The fourth-order valence-corrected chi connectivity index (χ4v) is 2.95. The van der Waals surface area contributed by atoms with Gasteiger partial charge in [-0.15, -0.1) is 0 Å². The summed E-state index contributed by atoms with van der Waals surface area (Å²) in [7, 11) is -3.86. The van der Waals surface area contributed by atoms with Crippen LogP contribution in [0.3, 0.4) is 0 Å². The molecule has 1 aromatic carbocycles. The molecule has 0 fully saturated rings. The molecular formula is C13H18ClNO4S. The van der Waals surface area contributed by atoms with Gasteiger partial charge < -0.3 is 5.11 Å². The van der Waals surface area contributed by atoms with E-state index in [1.165, 1.54) is 24.3 Å². The number of sulfonamides is 1. The van der Waals surface area contributed by atoms with Gasteiger partial charge in [0.05, 0.1) is 4.90 Å². The number of carboxylic acid groups (broad SMARTS) is 1. The number of carboxylic acids is 1. The number of nitrogens with one attached hydrogen (secondary N) is 1. The van der Waals surface area contributed by atoms with Crippen LogP contribution in [0, 0.1) is 5.92 Å². The lowest BCUT2D eigenvalue weighted by Crippen LogP contribution is -2.40. The topological polar surface area (TPSA) is 83.5 Å². The van der Waals surface area contributed by atoms with E-state index in [-0.39, 0.29) is 11.3 Å². The molecule has 0 aliphatic rings. The molecule has 0 spiro atoms. The third-order valence-corrected chi connectivity index (χ3v) is 4.49. The van der Waals surface area contributed by atoms with Crippen molar-refractivity contribution in [3.63, 3.8) is 0 Å². The molecule has 20 heavy (non-hydrogen) atoms. The van der Waals surface area contributed by atoms with Crippen LogP contribution in [-0.2, 0) is 14.8 Å². The van der Waals surface area contributed by atoms with E-state index in [4.69, 9.17) is 16.7 Å². The van der Waals surface area contributed by atoms with E-state index in [0.717, 1.165) is 0 Å². The van der Waals surface area contributed by atoms with Gasteiger partial charge in [0, 0.05) is 5.02 Å². The van der Waals surface area contributed by atoms with Crippen LogP contribution < -0.4 is 4.72 Å². The molecule has 0 aromatic heterocycles. The van der Waals surface area contributed by atoms with Crippen LogP contribution in [0.2, 0.25) is 5.02 Å². The van der Waals surface area contributed by atoms with Crippen LogP contribution >= 0.6 is 11.6 Å². The summed E-state index contributed by atoms with van der Waals surface area (Å²) in [6.45, 7) is 3.90. The lowest BCUT2D eigenvalue weighted by atomic mass is 10.0. The van der Waals surface area contributed by atoms with Gasteiger partial charge in [0.1, 0.15) is 6.04 Å². The molecule has 0 saturated heterocycles. The Bertz CT molecular complexity index is 554. The van der Waals surface area contributed by atoms with Crippen molar-refractivity contribution in [1.82, 2.24) is 4.72 Å². The monoisotopic (exact) mass is 319 g/mol.